The quantitative estimate of drug-likeness (QED) is 0.239. The molecule has 0 radical (unpaired) electrons. The molecule has 4 aliphatic heterocycles. The molecule has 0 unspecified atom stereocenters. The average molecular weight is 891 g/mol. The van der Waals surface area contributed by atoms with E-state index < -0.39 is 24.0 Å². The van der Waals surface area contributed by atoms with E-state index >= 15 is 0 Å². The molecule has 15 heteroatoms. The third kappa shape index (κ3) is 9.49. The van der Waals surface area contributed by atoms with Gasteiger partial charge in [0, 0.05) is 74.6 Å². The van der Waals surface area contributed by atoms with Gasteiger partial charge in [0.1, 0.15) is 17.8 Å². The van der Waals surface area contributed by atoms with E-state index in [1.54, 1.807) is 29.4 Å². The minimum absolute atomic E-state index is 0.0265. The lowest BCUT2D eigenvalue weighted by molar-refractivity contribution is -0.137. The third-order valence-electron chi connectivity index (χ3n) is 11.1. The number of phenolic OH excluding ortho intramolecular Hbond substituents is 1. The number of piperazine rings is 1. The molecule has 4 aliphatic rings. The average Bonchev–Trinajstić information content (AvgIpc) is 3.22. The van der Waals surface area contributed by atoms with Gasteiger partial charge in [-0.2, -0.15) is 0 Å². The summed E-state index contributed by atoms with van der Waals surface area (Å²) in [4.78, 5) is 69.6. The van der Waals surface area contributed by atoms with Crippen molar-refractivity contribution in [2.75, 3.05) is 57.3 Å². The van der Waals surface area contributed by atoms with Gasteiger partial charge in [-0.15, -0.1) is 0 Å². The Kier molecular flexibility index (Phi) is 12.8. The lowest BCUT2D eigenvalue weighted by Crippen LogP contribution is -2.59. The summed E-state index contributed by atoms with van der Waals surface area (Å²) in [6, 6.07) is 12.7. The first-order chi connectivity index (χ1) is 27.1. The van der Waals surface area contributed by atoms with Crippen molar-refractivity contribution in [3.05, 3.63) is 97.2 Å². The zero-order chi connectivity index (χ0) is 39.2. The van der Waals surface area contributed by atoms with Crippen molar-refractivity contribution < 1.29 is 24.3 Å². The maximum Gasteiger partial charge on any atom is 0.318 e. The number of carbonyl (C=O) groups is 4. The molecule has 3 saturated heterocycles. The number of para-hydroxylation sites is 1. The SMILES string of the molecule is O=C1N=c2ccccc2=CC1=C1CCN(C(=O)N[C@H](Cc2cc(Br)c(O)c(Br)c2)C(=O)N[C@@H](CC2CCNCC2)C(=O)N2CCN(c3ccncc3)CC2)CC1. The highest BCUT2D eigenvalue weighted by Gasteiger charge is 2.34. The maximum atomic E-state index is 14.4. The van der Waals surface area contributed by atoms with Crippen LogP contribution in [0.5, 0.6) is 5.75 Å². The molecule has 0 aliphatic carbocycles. The number of rotatable bonds is 9. The molecule has 2 aromatic carbocycles. The minimum atomic E-state index is -1.03. The van der Waals surface area contributed by atoms with Crippen LogP contribution in [0, 0.1) is 5.92 Å². The number of hydrogen-bond acceptors (Lipinski definition) is 8. The van der Waals surface area contributed by atoms with Crippen molar-refractivity contribution in [3.8, 4) is 5.75 Å². The summed E-state index contributed by atoms with van der Waals surface area (Å²) < 4.78 is 0.884. The Balaban J connectivity index is 1.07. The number of halogens is 2. The molecule has 1 aromatic heterocycles. The number of carbonyl (C=O) groups excluding carboxylic acids is 4. The number of aromatic hydroxyl groups is 1. The van der Waals surface area contributed by atoms with Gasteiger partial charge >= 0.3 is 6.03 Å². The van der Waals surface area contributed by atoms with Gasteiger partial charge < -0.3 is 35.8 Å². The second kappa shape index (κ2) is 18.1. The smallest absolute Gasteiger partial charge is 0.318 e. The van der Waals surface area contributed by atoms with Gasteiger partial charge in [-0.05, 0) is 125 Å². The predicted molar refractivity (Wildman–Crippen MR) is 219 cm³/mol. The molecular formula is C41H46Br2N8O5. The molecule has 5 heterocycles. The fourth-order valence-electron chi connectivity index (χ4n) is 7.93. The van der Waals surface area contributed by atoms with E-state index in [-0.39, 0.29) is 29.9 Å². The zero-order valence-corrected chi connectivity index (χ0v) is 34.2. The number of amides is 5. The monoisotopic (exact) mass is 888 g/mol. The standard InChI is InChI=1S/C41H46Br2N8O5/c42-32-21-27(22-33(43)37(32)52)24-35(48-41(56)51-15-9-28(10-16-51)31-25-29-3-1-2-4-34(29)46-38(31)53)39(54)47-36(23-26-5-11-44-12-6-26)40(55)50-19-17-49(18-20-50)30-7-13-45-14-8-30/h1-4,7-8,13-14,21-22,25-26,35-36,44,52H,5-6,9-12,15-20,23-24H2,(H,47,54)(H,48,56)/t35-,36+/m1/s1. The number of benzene rings is 2. The second-order valence-corrected chi connectivity index (χ2v) is 16.5. The van der Waals surface area contributed by atoms with Crippen LogP contribution in [0.1, 0.15) is 37.7 Å². The first kappa shape index (κ1) is 39.6. The number of phenols is 1. The largest absolute Gasteiger partial charge is 0.506 e. The van der Waals surface area contributed by atoms with Gasteiger partial charge in [-0.25, -0.2) is 9.79 Å². The lowest BCUT2D eigenvalue weighted by Gasteiger charge is -2.38. The maximum absolute atomic E-state index is 14.4. The molecule has 13 nitrogen and oxygen atoms in total. The fraction of sp³-hybridized carbons (Fsp3) is 0.415. The van der Waals surface area contributed by atoms with Crippen molar-refractivity contribution in [1.82, 2.24) is 30.7 Å². The summed E-state index contributed by atoms with van der Waals surface area (Å²) in [5, 5.41) is 21.4. The van der Waals surface area contributed by atoms with Gasteiger partial charge in [0.05, 0.1) is 14.3 Å². The molecule has 294 valence electrons. The molecule has 2 atom stereocenters. The minimum Gasteiger partial charge on any atom is -0.506 e. The van der Waals surface area contributed by atoms with Crippen LogP contribution in [0.2, 0.25) is 0 Å². The molecule has 3 aromatic rings. The first-order valence-corrected chi connectivity index (χ1v) is 20.8. The molecular weight excluding hydrogens is 844 g/mol. The highest BCUT2D eigenvalue weighted by molar-refractivity contribution is 9.11. The van der Waals surface area contributed by atoms with Crippen molar-refractivity contribution in [2.24, 2.45) is 10.9 Å². The van der Waals surface area contributed by atoms with Crippen LogP contribution in [0.3, 0.4) is 0 Å². The van der Waals surface area contributed by atoms with Crippen LogP contribution in [-0.2, 0) is 20.8 Å². The molecule has 0 saturated carbocycles. The van der Waals surface area contributed by atoms with Gasteiger partial charge in [0.2, 0.25) is 11.8 Å². The molecule has 0 bridgehead atoms. The number of hydrogen-bond donors (Lipinski definition) is 4. The lowest BCUT2D eigenvalue weighted by atomic mass is 9.90. The van der Waals surface area contributed by atoms with E-state index in [2.05, 4.69) is 62.7 Å². The summed E-state index contributed by atoms with van der Waals surface area (Å²) in [5.41, 5.74) is 3.27. The Morgan fingerprint density at radius 2 is 1.55 bits per heavy atom. The number of aromatic nitrogens is 1. The van der Waals surface area contributed by atoms with Crippen molar-refractivity contribution in [2.45, 2.75) is 50.6 Å². The fourth-order valence-corrected chi connectivity index (χ4v) is 9.21. The Morgan fingerprint density at radius 3 is 2.25 bits per heavy atom. The van der Waals surface area contributed by atoms with E-state index in [0.29, 0.717) is 84.0 Å². The summed E-state index contributed by atoms with van der Waals surface area (Å²) in [5.74, 6) is -0.565. The number of anilines is 1. The predicted octanol–water partition coefficient (Wildman–Crippen LogP) is 3.19. The molecule has 7 rings (SSSR count). The van der Waals surface area contributed by atoms with Crippen molar-refractivity contribution in [1.29, 1.82) is 0 Å². The van der Waals surface area contributed by atoms with Crippen LogP contribution in [0.4, 0.5) is 10.5 Å². The third-order valence-corrected chi connectivity index (χ3v) is 12.3. The Hall–Kier alpha value is -4.60. The topological polar surface area (TPSA) is 160 Å². The number of fused-ring (bicyclic) bond motifs is 1. The highest BCUT2D eigenvalue weighted by Crippen LogP contribution is 2.34. The van der Waals surface area contributed by atoms with Crippen LogP contribution in [0.15, 0.2) is 86.0 Å². The van der Waals surface area contributed by atoms with E-state index in [0.717, 1.165) is 42.4 Å². The highest BCUT2D eigenvalue weighted by atomic mass is 79.9. The Labute approximate surface area is 342 Å². The number of likely N-dealkylation sites (tertiary alicyclic amines) is 1. The molecule has 5 amide bonds. The van der Waals surface area contributed by atoms with Crippen molar-refractivity contribution >= 4 is 67.4 Å². The Bertz CT molecular complexity index is 2090. The van der Waals surface area contributed by atoms with E-state index in [9.17, 15) is 24.3 Å². The first-order valence-electron chi connectivity index (χ1n) is 19.2. The van der Waals surface area contributed by atoms with Gasteiger partial charge in [0.15, 0.2) is 0 Å². The van der Waals surface area contributed by atoms with Gasteiger partial charge in [-0.1, -0.05) is 23.8 Å². The summed E-state index contributed by atoms with van der Waals surface area (Å²) in [6.07, 6.45) is 8.83. The van der Waals surface area contributed by atoms with Crippen molar-refractivity contribution in [3.63, 3.8) is 0 Å². The van der Waals surface area contributed by atoms with E-state index in [4.69, 9.17) is 0 Å². The molecule has 0 spiro atoms. The normalized spacial score (nSPS) is 18.7. The van der Waals surface area contributed by atoms with Crippen LogP contribution in [-0.4, -0.2) is 108 Å². The molecule has 4 N–H and O–H groups in total. The number of urea groups is 1. The van der Waals surface area contributed by atoms with Crippen LogP contribution >= 0.6 is 31.9 Å². The van der Waals surface area contributed by atoms with Crippen LogP contribution in [0.25, 0.3) is 6.08 Å². The van der Waals surface area contributed by atoms with E-state index in [1.165, 1.54) is 0 Å². The number of nitrogens with zero attached hydrogens (tertiary/aromatic N) is 5. The number of piperidine rings is 2. The van der Waals surface area contributed by atoms with Gasteiger partial charge in [-0.3, -0.25) is 19.4 Å². The number of pyridine rings is 1. The molecule has 3 fully saturated rings. The second-order valence-electron chi connectivity index (χ2n) is 14.7. The van der Waals surface area contributed by atoms with Gasteiger partial charge in [0.25, 0.3) is 5.91 Å². The Morgan fingerprint density at radius 1 is 0.875 bits per heavy atom. The molecule has 56 heavy (non-hydrogen) atoms. The van der Waals surface area contributed by atoms with E-state index in [1.807, 2.05) is 47.4 Å². The summed E-state index contributed by atoms with van der Waals surface area (Å²) >= 11 is 6.78. The summed E-state index contributed by atoms with van der Waals surface area (Å²) in [6.45, 7) is 4.80. The number of nitrogens with one attached hydrogen (secondary N) is 3. The van der Waals surface area contributed by atoms with Crippen LogP contribution < -0.4 is 31.4 Å². The zero-order valence-electron chi connectivity index (χ0n) is 31.1. The summed E-state index contributed by atoms with van der Waals surface area (Å²) in [7, 11) is 0.